The molecule has 0 spiro atoms. The molecule has 0 aliphatic heterocycles. The van der Waals surface area contributed by atoms with E-state index < -0.39 is 98.5 Å². The molecule has 0 aliphatic rings. The third-order valence-corrected chi connectivity index (χ3v) is 11.4. The Morgan fingerprint density at radius 2 is 1.45 bits per heavy atom. The number of tetrazole rings is 1. The van der Waals surface area contributed by atoms with Crippen molar-refractivity contribution in [1.82, 2.24) is 40.1 Å². The predicted molar refractivity (Wildman–Crippen MR) is 253 cm³/mol. The number of hydrogen-bond donors (Lipinski definition) is 0. The van der Waals surface area contributed by atoms with E-state index >= 15 is 8.42 Å². The fraction of sp³-hybridized carbons (Fsp3) is 0.429. The molecule has 0 bridgehead atoms. The summed E-state index contributed by atoms with van der Waals surface area (Å²) in [7, 11) is -3.72. The molecule has 35 nitrogen and oxygen atoms in total. The first-order chi connectivity index (χ1) is 37.4. The van der Waals surface area contributed by atoms with Gasteiger partial charge < -0.3 is 52.3 Å². The molecule has 78 heavy (non-hydrogen) atoms. The van der Waals surface area contributed by atoms with E-state index in [1.54, 1.807) is 19.1 Å². The van der Waals surface area contributed by atoms with Crippen molar-refractivity contribution < 1.29 is 95.2 Å². The van der Waals surface area contributed by atoms with E-state index in [1.807, 2.05) is 0 Å². The van der Waals surface area contributed by atoms with Crippen LogP contribution in [0.3, 0.4) is 0 Å². The monoisotopic (exact) mass is 1120 g/mol. The number of carbonyl (C=O) groups is 3. The van der Waals surface area contributed by atoms with Crippen LogP contribution in [-0.4, -0.2) is 148 Å². The van der Waals surface area contributed by atoms with E-state index in [2.05, 4.69) is 50.0 Å². The van der Waals surface area contributed by atoms with Crippen LogP contribution in [0.15, 0.2) is 66.0 Å². The van der Waals surface area contributed by atoms with Crippen molar-refractivity contribution in [3.8, 4) is 46.0 Å². The summed E-state index contributed by atoms with van der Waals surface area (Å²) >= 11 is 0. The van der Waals surface area contributed by atoms with Crippen molar-refractivity contribution in [3.05, 3.63) is 96.8 Å². The molecule has 2 unspecified atom stereocenters. The number of nitrogens with zero attached hydrogens (tertiary/aromatic N) is 12. The van der Waals surface area contributed by atoms with Crippen molar-refractivity contribution in [2.45, 2.75) is 63.9 Å². The van der Waals surface area contributed by atoms with Gasteiger partial charge in [-0.25, -0.2) is 23.9 Å². The number of aryl methyl sites for hydroxylation is 1. The van der Waals surface area contributed by atoms with Crippen molar-refractivity contribution in [2.24, 2.45) is 0 Å². The second-order valence-electron chi connectivity index (χ2n) is 15.1. The Labute approximate surface area is 439 Å². The molecule has 0 saturated carbocycles. The Morgan fingerprint density at radius 3 is 2.15 bits per heavy atom. The van der Waals surface area contributed by atoms with Crippen LogP contribution < -0.4 is 18.5 Å². The second kappa shape index (κ2) is 29.5. The molecule has 36 heteroatoms. The number of sulfonamides is 1. The number of carbonyl (C=O) groups excluding carboxylic acids is 3. The van der Waals surface area contributed by atoms with Gasteiger partial charge in [-0.3, -0.25) is 14.6 Å². The molecule has 0 saturated heterocycles. The highest BCUT2D eigenvalue weighted by molar-refractivity contribution is 7.92. The van der Waals surface area contributed by atoms with Crippen LogP contribution >= 0.6 is 0 Å². The summed E-state index contributed by atoms with van der Waals surface area (Å²) in [6, 6.07) is 11.5. The van der Waals surface area contributed by atoms with E-state index in [0.29, 0.717) is 9.87 Å². The third-order valence-electron chi connectivity index (χ3n) is 9.61. The summed E-state index contributed by atoms with van der Waals surface area (Å²) in [6.07, 6.45) is -3.43. The van der Waals surface area contributed by atoms with Gasteiger partial charge in [0.2, 0.25) is 11.6 Å². The van der Waals surface area contributed by atoms with Crippen LogP contribution in [0.1, 0.15) is 51.3 Å². The fourth-order valence-electron chi connectivity index (χ4n) is 6.17. The quantitative estimate of drug-likeness (QED) is 0.0142. The maximum absolute atomic E-state index is 15.1. The summed E-state index contributed by atoms with van der Waals surface area (Å²) in [4.78, 5) is 100. The SMILES string of the molecule is COc1ccccc1Oc1c(OCCOC(=O)CCCO[N+](=O)[O-])nc(-c2ccnc(-c3nnnn3C(C)OC(=O)OCCOCO[N+](=O)[O-])c2)nc1N(C(C)OC(=O)OCCCCO[N+](=O)[O-])S(=O)(=O)c1ccc(C)cn1. The number of aromatic nitrogens is 8. The Bertz CT molecular complexity index is 2950. The van der Waals surface area contributed by atoms with Crippen molar-refractivity contribution in [3.63, 3.8) is 0 Å². The van der Waals surface area contributed by atoms with E-state index in [4.69, 9.17) is 42.6 Å². The van der Waals surface area contributed by atoms with Gasteiger partial charge in [-0.05, 0) is 86.4 Å². The molecule has 2 atom stereocenters. The van der Waals surface area contributed by atoms with Crippen LogP contribution in [0.2, 0.25) is 0 Å². The van der Waals surface area contributed by atoms with Crippen LogP contribution in [0.5, 0.6) is 23.1 Å². The first kappa shape index (κ1) is 59.3. The minimum absolute atomic E-state index is 0.0179. The first-order valence-electron chi connectivity index (χ1n) is 22.7. The molecule has 0 aliphatic carbocycles. The van der Waals surface area contributed by atoms with E-state index in [9.17, 15) is 44.7 Å². The Kier molecular flexibility index (Phi) is 22.4. The number of esters is 1. The molecular formula is C42H48N12O23S. The average Bonchev–Trinajstić information content (AvgIpc) is 3.97. The number of anilines is 1. The highest BCUT2D eigenvalue weighted by Crippen LogP contribution is 2.45. The van der Waals surface area contributed by atoms with Crippen molar-refractivity contribution in [2.75, 3.05) is 64.5 Å². The van der Waals surface area contributed by atoms with Crippen LogP contribution in [0.25, 0.3) is 22.9 Å². The van der Waals surface area contributed by atoms with E-state index in [1.165, 1.54) is 62.8 Å². The molecule has 0 N–H and O–H groups in total. The van der Waals surface area contributed by atoms with Gasteiger partial charge >= 0.3 is 18.3 Å². The maximum Gasteiger partial charge on any atom is 0.510 e. The highest BCUT2D eigenvalue weighted by atomic mass is 32.2. The standard InChI is InChI=1S/C42H48N12O23S/c1-27-13-14-34(44-25-27)78(64,65)51(29(3)76-41(56)70-17-7-8-18-72-52(58)59)39-36(77-33-11-6-5-10-32(33)66-4)40(69-23-22-68-35(55)12-9-19-73-53(60)61)46-37(45-39)30-15-16-43-31(24-30)38-47-48-49-50(38)28(2)75-42(57)71-21-20-67-26-74-54(62)63/h5-6,10-11,13-16,24-25,28-29H,7-9,12,17-23,26H2,1-4H3. The maximum atomic E-state index is 15.1. The average molecular weight is 1120 g/mol. The van der Waals surface area contributed by atoms with E-state index in [0.717, 1.165) is 11.6 Å². The van der Waals surface area contributed by atoms with Gasteiger partial charge in [0.1, 0.15) is 25.5 Å². The Morgan fingerprint density at radius 1 is 0.769 bits per heavy atom. The van der Waals surface area contributed by atoms with Gasteiger partial charge in [-0.15, -0.1) is 35.4 Å². The van der Waals surface area contributed by atoms with Crippen LogP contribution in [0.4, 0.5) is 15.4 Å². The number of hydrogen-bond acceptors (Lipinski definition) is 30. The smallest absolute Gasteiger partial charge is 0.493 e. The fourth-order valence-corrected chi connectivity index (χ4v) is 7.59. The zero-order valence-corrected chi connectivity index (χ0v) is 42.4. The van der Waals surface area contributed by atoms with Gasteiger partial charge in [-0.1, -0.05) is 18.2 Å². The number of para-hydroxylation sites is 2. The van der Waals surface area contributed by atoms with Gasteiger partial charge in [-0.2, -0.15) is 18.1 Å². The number of methoxy groups -OCH3 is 1. The zero-order chi connectivity index (χ0) is 56.6. The minimum Gasteiger partial charge on any atom is -0.493 e. The lowest BCUT2D eigenvalue weighted by molar-refractivity contribution is -0.767. The number of ether oxygens (including phenoxy) is 9. The van der Waals surface area contributed by atoms with Gasteiger partial charge in [0.15, 0.2) is 47.4 Å². The van der Waals surface area contributed by atoms with Gasteiger partial charge in [0.05, 0.1) is 33.5 Å². The lowest BCUT2D eigenvalue weighted by atomic mass is 10.2. The molecule has 5 rings (SSSR count). The summed E-state index contributed by atoms with van der Waals surface area (Å²) in [5.74, 6) is -2.97. The Balaban J connectivity index is 1.62. The molecule has 0 amide bonds. The lowest BCUT2D eigenvalue weighted by Gasteiger charge is -2.30. The molecule has 1 aromatic carbocycles. The van der Waals surface area contributed by atoms with Crippen molar-refractivity contribution >= 4 is 34.1 Å². The van der Waals surface area contributed by atoms with Gasteiger partial charge in [0, 0.05) is 24.4 Å². The molecular weight excluding hydrogens is 1070 g/mol. The largest absolute Gasteiger partial charge is 0.510 e. The van der Waals surface area contributed by atoms with Crippen LogP contribution in [0, 0.1) is 37.3 Å². The summed E-state index contributed by atoms with van der Waals surface area (Å²) < 4.78 is 80.8. The normalized spacial score (nSPS) is 11.7. The lowest BCUT2D eigenvalue weighted by Crippen LogP contribution is -2.42. The van der Waals surface area contributed by atoms with Crippen molar-refractivity contribution in [1.29, 1.82) is 0 Å². The molecule has 5 aromatic rings. The summed E-state index contributed by atoms with van der Waals surface area (Å²) in [5.41, 5.74) is 0.589. The topological polar surface area (TPSA) is 424 Å². The summed E-state index contributed by atoms with van der Waals surface area (Å²) in [6.45, 7) is 0.791. The number of rotatable bonds is 33. The molecule has 0 fully saturated rings. The van der Waals surface area contributed by atoms with E-state index in [-0.39, 0.29) is 93.1 Å². The molecule has 4 heterocycles. The molecule has 420 valence electrons. The number of unbranched alkanes of at least 4 members (excludes halogenated alkanes) is 1. The zero-order valence-electron chi connectivity index (χ0n) is 41.6. The minimum atomic E-state index is -5.04. The number of benzene rings is 1. The predicted octanol–water partition coefficient (Wildman–Crippen LogP) is 4.14. The molecule has 0 radical (unpaired) electrons. The first-order valence-corrected chi connectivity index (χ1v) is 24.1. The third kappa shape index (κ3) is 18.1. The Hall–Kier alpha value is -9.61. The molecule has 4 aromatic heterocycles. The second-order valence-corrected chi connectivity index (χ2v) is 16.9. The summed E-state index contributed by atoms with van der Waals surface area (Å²) in [5, 5.41) is 39.3. The van der Waals surface area contributed by atoms with Gasteiger partial charge in [0.25, 0.3) is 31.2 Å². The highest BCUT2D eigenvalue weighted by Gasteiger charge is 2.39. The number of pyridine rings is 2. The van der Waals surface area contributed by atoms with Crippen LogP contribution in [-0.2, 0) is 57.8 Å².